The fourth-order valence-corrected chi connectivity index (χ4v) is 4.27. The van der Waals surface area contributed by atoms with Crippen LogP contribution < -0.4 is 15.5 Å². The molecule has 0 aromatic carbocycles. The molecular weight excluding hydrogens is 376 g/mol. The van der Waals surface area contributed by atoms with Gasteiger partial charge < -0.3 is 25.2 Å². The lowest BCUT2D eigenvalue weighted by Gasteiger charge is -2.36. The first-order valence-electron chi connectivity index (χ1n) is 11.6. The summed E-state index contributed by atoms with van der Waals surface area (Å²) in [5, 5.41) is 6.83. The number of ether oxygens (including phenoxy) is 1. The van der Waals surface area contributed by atoms with E-state index in [1.54, 1.807) is 0 Å². The van der Waals surface area contributed by atoms with Crippen LogP contribution in [0.1, 0.15) is 45.6 Å². The van der Waals surface area contributed by atoms with Gasteiger partial charge >= 0.3 is 0 Å². The maximum absolute atomic E-state index is 5.82. The fraction of sp³-hybridized carbons (Fsp3) is 0.739. The predicted octanol–water partition coefficient (Wildman–Crippen LogP) is 2.48. The molecule has 2 N–H and O–H groups in total. The Hall–Kier alpha value is -1.86. The van der Waals surface area contributed by atoms with Crippen molar-refractivity contribution in [1.82, 2.24) is 20.5 Å². The molecule has 2 unspecified atom stereocenters. The van der Waals surface area contributed by atoms with Crippen LogP contribution in [0, 0.1) is 5.92 Å². The van der Waals surface area contributed by atoms with Crippen LogP contribution in [-0.2, 0) is 11.3 Å². The van der Waals surface area contributed by atoms with Crippen LogP contribution in [0.5, 0.6) is 0 Å². The van der Waals surface area contributed by atoms with Crippen LogP contribution in [0.3, 0.4) is 0 Å². The quantitative estimate of drug-likeness (QED) is 0.404. The van der Waals surface area contributed by atoms with Crippen LogP contribution >= 0.6 is 0 Å². The number of piperidine rings is 1. The summed E-state index contributed by atoms with van der Waals surface area (Å²) in [6.07, 6.45) is 6.26. The molecule has 0 saturated carbocycles. The molecule has 3 rings (SSSR count). The summed E-state index contributed by atoms with van der Waals surface area (Å²) < 4.78 is 5.82. The summed E-state index contributed by atoms with van der Waals surface area (Å²) in [5.74, 6) is 2.77. The molecule has 2 aliphatic heterocycles. The highest BCUT2D eigenvalue weighted by atomic mass is 16.5. The second kappa shape index (κ2) is 11.5. The van der Waals surface area contributed by atoms with E-state index < -0.39 is 0 Å². The smallest absolute Gasteiger partial charge is 0.191 e. The topological polar surface area (TPSA) is 65.0 Å². The van der Waals surface area contributed by atoms with E-state index in [4.69, 9.17) is 4.74 Å². The third-order valence-electron chi connectivity index (χ3n) is 6.06. The largest absolute Gasteiger partial charge is 0.372 e. The van der Waals surface area contributed by atoms with Gasteiger partial charge in [0.25, 0.3) is 0 Å². The van der Waals surface area contributed by atoms with E-state index in [0.29, 0.717) is 6.54 Å². The molecule has 168 valence electrons. The van der Waals surface area contributed by atoms with Crippen molar-refractivity contribution in [3.63, 3.8) is 0 Å². The predicted molar refractivity (Wildman–Crippen MR) is 124 cm³/mol. The van der Waals surface area contributed by atoms with E-state index in [0.717, 1.165) is 49.3 Å². The Morgan fingerprint density at radius 2 is 1.87 bits per heavy atom. The highest BCUT2D eigenvalue weighted by Crippen LogP contribution is 2.18. The minimum atomic E-state index is 0.241. The van der Waals surface area contributed by atoms with E-state index in [9.17, 15) is 0 Å². The number of rotatable bonds is 7. The molecule has 0 radical (unpaired) electrons. The van der Waals surface area contributed by atoms with Gasteiger partial charge in [-0.05, 0) is 70.3 Å². The zero-order valence-electron chi connectivity index (χ0n) is 19.2. The van der Waals surface area contributed by atoms with Crippen LogP contribution in [0.4, 0.5) is 5.82 Å². The van der Waals surface area contributed by atoms with Gasteiger partial charge in [-0.3, -0.25) is 4.99 Å². The number of aliphatic imine (C=N–C) groups is 1. The number of aromatic nitrogens is 1. The summed E-state index contributed by atoms with van der Waals surface area (Å²) in [4.78, 5) is 13.9. The molecule has 1 aromatic heterocycles. The SMILES string of the molecule is CN=C(NCCCN1CCC(C)CC1)NCc1ccc(N2CC(C)OC(C)C2)nc1. The lowest BCUT2D eigenvalue weighted by atomic mass is 9.99. The van der Waals surface area contributed by atoms with Crippen molar-refractivity contribution in [2.24, 2.45) is 10.9 Å². The molecule has 7 nitrogen and oxygen atoms in total. The molecular formula is C23H40N6O. The standard InChI is InChI=1S/C23H40N6O/c1-18-8-12-28(13-9-18)11-5-10-25-23(24-4)27-15-21-6-7-22(26-14-21)29-16-19(2)30-20(3)17-29/h6-7,14,18-20H,5,8-13,15-17H2,1-4H3,(H2,24,25,27). The number of likely N-dealkylation sites (tertiary alicyclic amines) is 1. The van der Waals surface area contributed by atoms with Crippen molar-refractivity contribution in [2.45, 2.75) is 58.8 Å². The third kappa shape index (κ3) is 7.13. The van der Waals surface area contributed by atoms with Crippen molar-refractivity contribution in [3.05, 3.63) is 23.9 Å². The molecule has 2 aliphatic rings. The number of hydrogen-bond acceptors (Lipinski definition) is 5. The zero-order valence-corrected chi connectivity index (χ0v) is 19.2. The van der Waals surface area contributed by atoms with Crippen molar-refractivity contribution >= 4 is 11.8 Å². The molecule has 2 atom stereocenters. The van der Waals surface area contributed by atoms with Gasteiger partial charge in [-0.1, -0.05) is 13.0 Å². The Morgan fingerprint density at radius 1 is 1.13 bits per heavy atom. The van der Waals surface area contributed by atoms with E-state index in [2.05, 4.69) is 63.3 Å². The van der Waals surface area contributed by atoms with Crippen LogP contribution in [0.25, 0.3) is 0 Å². The van der Waals surface area contributed by atoms with Gasteiger partial charge in [0.15, 0.2) is 5.96 Å². The minimum Gasteiger partial charge on any atom is -0.372 e. The second-order valence-corrected chi connectivity index (χ2v) is 8.92. The van der Waals surface area contributed by atoms with Crippen molar-refractivity contribution in [3.8, 4) is 0 Å². The lowest BCUT2D eigenvalue weighted by Crippen LogP contribution is -2.45. The summed E-state index contributed by atoms with van der Waals surface area (Å²) in [6.45, 7) is 13.7. The zero-order chi connectivity index (χ0) is 21.3. The van der Waals surface area contributed by atoms with Crippen LogP contribution in [0.2, 0.25) is 0 Å². The third-order valence-corrected chi connectivity index (χ3v) is 6.06. The highest BCUT2D eigenvalue weighted by Gasteiger charge is 2.23. The molecule has 2 saturated heterocycles. The molecule has 7 heteroatoms. The number of hydrogen-bond donors (Lipinski definition) is 2. The van der Waals surface area contributed by atoms with E-state index in [1.165, 1.54) is 32.5 Å². The summed E-state index contributed by atoms with van der Waals surface area (Å²) >= 11 is 0. The summed E-state index contributed by atoms with van der Waals surface area (Å²) in [7, 11) is 1.82. The Kier molecular flexibility index (Phi) is 8.75. The second-order valence-electron chi connectivity index (χ2n) is 8.92. The molecule has 0 amide bonds. The Balaban J connectivity index is 1.36. The monoisotopic (exact) mass is 416 g/mol. The average Bonchev–Trinajstić information content (AvgIpc) is 2.74. The summed E-state index contributed by atoms with van der Waals surface area (Å²) in [5.41, 5.74) is 1.15. The number of pyridine rings is 1. The van der Waals surface area contributed by atoms with Gasteiger partial charge in [0.05, 0.1) is 12.2 Å². The number of anilines is 1. The Labute approximate surface area is 182 Å². The van der Waals surface area contributed by atoms with Gasteiger partial charge in [0.2, 0.25) is 0 Å². The number of nitrogens with one attached hydrogen (secondary N) is 2. The van der Waals surface area contributed by atoms with E-state index in [-0.39, 0.29) is 12.2 Å². The number of nitrogens with zero attached hydrogens (tertiary/aromatic N) is 4. The van der Waals surface area contributed by atoms with Crippen molar-refractivity contribution in [1.29, 1.82) is 0 Å². The van der Waals surface area contributed by atoms with Gasteiger partial charge in [-0.15, -0.1) is 0 Å². The number of morpholine rings is 1. The molecule has 30 heavy (non-hydrogen) atoms. The molecule has 0 spiro atoms. The van der Waals surface area contributed by atoms with Crippen molar-refractivity contribution < 1.29 is 4.74 Å². The van der Waals surface area contributed by atoms with Crippen molar-refractivity contribution in [2.75, 3.05) is 51.2 Å². The molecule has 1 aromatic rings. The number of guanidine groups is 1. The first-order valence-corrected chi connectivity index (χ1v) is 11.6. The van der Waals surface area contributed by atoms with Gasteiger partial charge in [-0.2, -0.15) is 0 Å². The lowest BCUT2D eigenvalue weighted by molar-refractivity contribution is -0.00545. The van der Waals surface area contributed by atoms with E-state index >= 15 is 0 Å². The Morgan fingerprint density at radius 3 is 2.50 bits per heavy atom. The summed E-state index contributed by atoms with van der Waals surface area (Å²) in [6, 6.07) is 4.25. The first-order chi connectivity index (χ1) is 14.5. The molecule has 3 heterocycles. The highest BCUT2D eigenvalue weighted by molar-refractivity contribution is 5.79. The van der Waals surface area contributed by atoms with E-state index in [1.807, 2.05) is 13.2 Å². The molecule has 2 fully saturated rings. The van der Waals surface area contributed by atoms with Gasteiger partial charge in [0, 0.05) is 39.4 Å². The minimum absolute atomic E-state index is 0.241. The Bertz CT molecular complexity index is 646. The maximum Gasteiger partial charge on any atom is 0.191 e. The molecule has 0 bridgehead atoms. The average molecular weight is 417 g/mol. The van der Waals surface area contributed by atoms with Gasteiger partial charge in [0.1, 0.15) is 5.82 Å². The van der Waals surface area contributed by atoms with Crippen LogP contribution in [0.15, 0.2) is 23.3 Å². The maximum atomic E-state index is 5.82. The molecule has 0 aliphatic carbocycles. The van der Waals surface area contributed by atoms with Gasteiger partial charge in [-0.25, -0.2) is 4.98 Å². The first kappa shape index (κ1) is 22.8. The van der Waals surface area contributed by atoms with Crippen LogP contribution in [-0.4, -0.2) is 74.4 Å². The fourth-order valence-electron chi connectivity index (χ4n) is 4.27. The normalized spacial score (nSPS) is 24.1.